The van der Waals surface area contributed by atoms with Gasteiger partial charge in [0.2, 0.25) is 0 Å². The molecule has 1 aromatic carbocycles. The van der Waals surface area contributed by atoms with Gasteiger partial charge in [-0.25, -0.2) is 9.97 Å². The first-order valence-corrected chi connectivity index (χ1v) is 7.87. The summed E-state index contributed by atoms with van der Waals surface area (Å²) >= 11 is 0. The molecule has 0 unspecified atom stereocenters. The van der Waals surface area contributed by atoms with Crippen molar-refractivity contribution in [1.29, 1.82) is 5.26 Å². The normalized spacial score (nSPS) is 13.7. The topological polar surface area (TPSA) is 99.0 Å². The Morgan fingerprint density at radius 2 is 1.88 bits per heavy atom. The Morgan fingerprint density at radius 1 is 1.20 bits per heavy atom. The lowest BCUT2D eigenvalue weighted by Gasteiger charge is -2.35. The second kappa shape index (κ2) is 6.69. The second-order valence-electron chi connectivity index (χ2n) is 6.04. The highest BCUT2D eigenvalue weighted by molar-refractivity contribution is 6.05. The molecule has 25 heavy (non-hydrogen) atoms. The molecule has 1 fully saturated rings. The number of aryl methyl sites for hydroxylation is 2. The maximum absolute atomic E-state index is 12.4. The predicted molar refractivity (Wildman–Crippen MR) is 90.9 cm³/mol. The van der Waals surface area contributed by atoms with Gasteiger partial charge in [0.05, 0.1) is 17.6 Å². The first-order valence-electron chi connectivity index (χ1n) is 7.87. The van der Waals surface area contributed by atoms with Crippen LogP contribution in [-0.2, 0) is 0 Å². The summed E-state index contributed by atoms with van der Waals surface area (Å²) < 4.78 is 0. The summed E-state index contributed by atoms with van der Waals surface area (Å²) in [6.07, 6.45) is 2.92. The van der Waals surface area contributed by atoms with Gasteiger partial charge in [-0.2, -0.15) is 5.26 Å². The quantitative estimate of drug-likeness (QED) is 0.924. The maximum Gasteiger partial charge on any atom is 0.258 e. The lowest BCUT2D eigenvalue weighted by atomic mass is 10.00. The minimum atomic E-state index is -0.332. The molecule has 2 amide bonds. The Morgan fingerprint density at radius 3 is 2.52 bits per heavy atom. The average molecular weight is 335 g/mol. The number of hydrogen-bond donors (Lipinski definition) is 1. The van der Waals surface area contributed by atoms with Crippen LogP contribution in [0.15, 0.2) is 30.6 Å². The lowest BCUT2D eigenvalue weighted by Crippen LogP contribution is -2.49. The fourth-order valence-electron chi connectivity index (χ4n) is 2.50. The molecule has 0 saturated carbocycles. The SMILES string of the molecule is Cc1ncc(C(=O)Nc2cc(C(=O)N3CC(C#N)C3)ccc2C)cn1. The van der Waals surface area contributed by atoms with Gasteiger partial charge in [-0.1, -0.05) is 6.07 Å². The Hall–Kier alpha value is -3.27. The van der Waals surface area contributed by atoms with E-state index in [9.17, 15) is 9.59 Å². The molecule has 7 heteroatoms. The third kappa shape index (κ3) is 3.48. The smallest absolute Gasteiger partial charge is 0.258 e. The minimum absolute atomic E-state index is 0.0879. The van der Waals surface area contributed by atoms with Crippen LogP contribution in [-0.4, -0.2) is 39.8 Å². The maximum atomic E-state index is 12.4. The molecule has 1 aliphatic heterocycles. The Kier molecular flexibility index (Phi) is 4.44. The van der Waals surface area contributed by atoms with E-state index in [-0.39, 0.29) is 17.7 Å². The fourth-order valence-corrected chi connectivity index (χ4v) is 2.50. The molecule has 0 spiro atoms. The Bertz CT molecular complexity index is 864. The van der Waals surface area contributed by atoms with Crippen molar-refractivity contribution >= 4 is 17.5 Å². The van der Waals surface area contributed by atoms with Gasteiger partial charge in [0.15, 0.2) is 0 Å². The summed E-state index contributed by atoms with van der Waals surface area (Å²) in [4.78, 5) is 34.4. The molecule has 2 aromatic rings. The molecule has 126 valence electrons. The van der Waals surface area contributed by atoms with E-state index in [1.807, 2.05) is 6.92 Å². The van der Waals surface area contributed by atoms with Gasteiger partial charge >= 0.3 is 0 Å². The summed E-state index contributed by atoms with van der Waals surface area (Å²) in [5.74, 6) is 0.0301. The first kappa shape index (κ1) is 16.6. The molecule has 0 aliphatic carbocycles. The Balaban J connectivity index is 1.75. The van der Waals surface area contributed by atoms with Gasteiger partial charge in [0.25, 0.3) is 11.8 Å². The summed E-state index contributed by atoms with van der Waals surface area (Å²) in [6.45, 7) is 4.50. The third-order valence-electron chi connectivity index (χ3n) is 4.13. The molecule has 1 saturated heterocycles. The number of amides is 2. The van der Waals surface area contributed by atoms with Gasteiger partial charge in [-0.3, -0.25) is 9.59 Å². The van der Waals surface area contributed by atoms with Crippen LogP contribution < -0.4 is 5.32 Å². The number of carbonyl (C=O) groups excluding carboxylic acids is 2. The highest BCUT2D eigenvalue weighted by atomic mass is 16.2. The van der Waals surface area contributed by atoms with Gasteiger partial charge < -0.3 is 10.2 Å². The number of nitriles is 1. The summed E-state index contributed by atoms with van der Waals surface area (Å²) in [5, 5.41) is 11.6. The van der Waals surface area contributed by atoms with Gasteiger partial charge in [-0.15, -0.1) is 0 Å². The summed E-state index contributed by atoms with van der Waals surface area (Å²) in [5.41, 5.74) is 2.24. The van der Waals surface area contributed by atoms with Crippen LogP contribution in [0.1, 0.15) is 32.1 Å². The number of carbonyl (C=O) groups is 2. The Labute approximate surface area is 145 Å². The zero-order valence-electron chi connectivity index (χ0n) is 14.0. The van der Waals surface area contributed by atoms with Crippen molar-refractivity contribution in [1.82, 2.24) is 14.9 Å². The van der Waals surface area contributed by atoms with Crippen molar-refractivity contribution < 1.29 is 9.59 Å². The fraction of sp³-hybridized carbons (Fsp3) is 0.278. The standard InChI is InChI=1S/C18H17N5O2/c1-11-3-4-14(18(25)23-9-13(6-19)10-23)5-16(11)22-17(24)15-7-20-12(2)21-8-15/h3-5,7-8,13H,9-10H2,1-2H3,(H,22,24). The number of benzene rings is 1. The van der Waals surface area contributed by atoms with Gasteiger partial charge in [-0.05, 0) is 31.5 Å². The molecule has 1 N–H and O–H groups in total. The minimum Gasteiger partial charge on any atom is -0.336 e. The molecule has 0 atom stereocenters. The molecule has 1 aromatic heterocycles. The molecular formula is C18H17N5O2. The van der Waals surface area contributed by atoms with Crippen LogP contribution in [0.5, 0.6) is 0 Å². The van der Waals surface area contributed by atoms with Crippen LogP contribution >= 0.6 is 0 Å². The van der Waals surface area contributed by atoms with Crippen molar-refractivity contribution in [2.45, 2.75) is 13.8 Å². The number of rotatable bonds is 3. The number of aromatic nitrogens is 2. The lowest BCUT2D eigenvalue weighted by molar-refractivity contribution is 0.0577. The average Bonchev–Trinajstić information content (AvgIpc) is 2.56. The van der Waals surface area contributed by atoms with Crippen LogP contribution in [0.25, 0.3) is 0 Å². The number of hydrogen-bond acceptors (Lipinski definition) is 5. The van der Waals surface area contributed by atoms with E-state index in [1.54, 1.807) is 30.0 Å². The van der Waals surface area contributed by atoms with Crippen LogP contribution in [0.2, 0.25) is 0 Å². The van der Waals surface area contributed by atoms with Crippen molar-refractivity contribution in [2.24, 2.45) is 5.92 Å². The summed E-state index contributed by atoms with van der Waals surface area (Å²) in [7, 11) is 0. The number of nitrogens with one attached hydrogen (secondary N) is 1. The zero-order valence-corrected chi connectivity index (χ0v) is 14.0. The highest BCUT2D eigenvalue weighted by Gasteiger charge is 2.31. The first-order chi connectivity index (χ1) is 12.0. The number of likely N-dealkylation sites (tertiary alicyclic amines) is 1. The van der Waals surface area contributed by atoms with E-state index in [2.05, 4.69) is 21.4 Å². The van der Waals surface area contributed by atoms with Crippen LogP contribution in [0.3, 0.4) is 0 Å². The molecule has 0 radical (unpaired) electrons. The van der Waals surface area contributed by atoms with E-state index in [0.717, 1.165) is 5.56 Å². The van der Waals surface area contributed by atoms with Crippen molar-refractivity contribution in [3.05, 3.63) is 53.1 Å². The van der Waals surface area contributed by atoms with Crippen LogP contribution in [0.4, 0.5) is 5.69 Å². The van der Waals surface area contributed by atoms with Crippen molar-refractivity contribution in [3.8, 4) is 6.07 Å². The summed E-state index contributed by atoms with van der Waals surface area (Å²) in [6, 6.07) is 7.31. The van der Waals surface area contributed by atoms with E-state index >= 15 is 0 Å². The van der Waals surface area contributed by atoms with Crippen LogP contribution in [0, 0.1) is 31.1 Å². The molecular weight excluding hydrogens is 318 g/mol. The second-order valence-corrected chi connectivity index (χ2v) is 6.04. The zero-order chi connectivity index (χ0) is 18.0. The largest absolute Gasteiger partial charge is 0.336 e. The van der Waals surface area contributed by atoms with E-state index in [1.165, 1.54) is 12.4 Å². The monoisotopic (exact) mass is 335 g/mol. The van der Waals surface area contributed by atoms with Gasteiger partial charge in [0.1, 0.15) is 5.82 Å². The van der Waals surface area contributed by atoms with Crippen molar-refractivity contribution in [3.63, 3.8) is 0 Å². The predicted octanol–water partition coefficient (Wildman–Crippen LogP) is 1.94. The molecule has 0 bridgehead atoms. The van der Waals surface area contributed by atoms with E-state index < -0.39 is 0 Å². The molecule has 1 aliphatic rings. The highest BCUT2D eigenvalue weighted by Crippen LogP contribution is 2.22. The number of anilines is 1. The number of nitrogens with zero attached hydrogens (tertiary/aromatic N) is 4. The molecule has 2 heterocycles. The molecule has 3 rings (SSSR count). The van der Waals surface area contributed by atoms with Crippen molar-refractivity contribution in [2.75, 3.05) is 18.4 Å². The van der Waals surface area contributed by atoms with Gasteiger partial charge in [0, 0.05) is 36.7 Å². The third-order valence-corrected chi connectivity index (χ3v) is 4.13. The van der Waals surface area contributed by atoms with E-state index in [4.69, 9.17) is 5.26 Å². The molecule has 7 nitrogen and oxygen atoms in total. The van der Waals surface area contributed by atoms with E-state index in [0.29, 0.717) is 35.7 Å².